The van der Waals surface area contributed by atoms with Crippen LogP contribution in [0.25, 0.3) is 0 Å². The van der Waals surface area contributed by atoms with E-state index in [9.17, 15) is 18.0 Å². The van der Waals surface area contributed by atoms with Crippen LogP contribution >= 0.6 is 27.5 Å². The third-order valence-corrected chi connectivity index (χ3v) is 8.28. The maximum atomic E-state index is 13.4. The summed E-state index contributed by atoms with van der Waals surface area (Å²) in [6, 6.07) is 13.7. The molecule has 7 nitrogen and oxygen atoms in total. The second-order valence-electron chi connectivity index (χ2n) is 9.24. The van der Waals surface area contributed by atoms with E-state index in [0.29, 0.717) is 17.1 Å². The van der Waals surface area contributed by atoms with Crippen molar-refractivity contribution in [3.8, 4) is 0 Å². The van der Waals surface area contributed by atoms with Crippen molar-refractivity contribution in [1.82, 2.24) is 10.2 Å². The lowest BCUT2D eigenvalue weighted by Gasteiger charge is -2.30. The maximum Gasteiger partial charge on any atom is 0.242 e. The fourth-order valence-electron chi connectivity index (χ4n) is 4.44. The van der Waals surface area contributed by atoms with E-state index in [1.165, 1.54) is 4.31 Å². The molecule has 0 spiro atoms. The Hall–Kier alpha value is -2.10. The molecule has 10 heteroatoms. The molecule has 0 heterocycles. The average Bonchev–Trinajstić information content (AvgIpc) is 3.32. The molecular formula is C26H33BrClN3O4S. The van der Waals surface area contributed by atoms with Crippen LogP contribution in [-0.2, 0) is 26.2 Å². The van der Waals surface area contributed by atoms with Gasteiger partial charge in [0.25, 0.3) is 0 Å². The lowest BCUT2D eigenvalue weighted by molar-refractivity contribution is -0.141. The second-order valence-corrected chi connectivity index (χ2v) is 12.5. The molecule has 0 bridgehead atoms. The highest BCUT2D eigenvalue weighted by Crippen LogP contribution is 2.23. The summed E-state index contributed by atoms with van der Waals surface area (Å²) in [5, 5.41) is 3.52. The molecule has 1 saturated carbocycles. The van der Waals surface area contributed by atoms with Crippen molar-refractivity contribution >= 4 is 55.1 Å². The normalized spacial score (nSPS) is 14.9. The van der Waals surface area contributed by atoms with Crippen molar-refractivity contribution in [2.75, 3.05) is 17.1 Å². The van der Waals surface area contributed by atoms with E-state index >= 15 is 0 Å². The summed E-state index contributed by atoms with van der Waals surface area (Å²) in [6.07, 6.45) is 5.65. The van der Waals surface area contributed by atoms with Crippen LogP contribution in [0.1, 0.15) is 51.0 Å². The third kappa shape index (κ3) is 8.21. The fourth-order valence-corrected chi connectivity index (χ4v) is 6.03. The molecule has 2 aromatic carbocycles. The van der Waals surface area contributed by atoms with E-state index in [1.54, 1.807) is 36.1 Å². The molecule has 1 fully saturated rings. The molecule has 1 N–H and O–H groups in total. The summed E-state index contributed by atoms with van der Waals surface area (Å²) in [6.45, 7) is 2.15. The first-order valence-electron chi connectivity index (χ1n) is 12.1. The van der Waals surface area contributed by atoms with Crippen molar-refractivity contribution in [2.24, 2.45) is 0 Å². The number of anilines is 1. The van der Waals surface area contributed by atoms with Crippen LogP contribution in [-0.4, -0.2) is 50.0 Å². The predicted molar refractivity (Wildman–Crippen MR) is 147 cm³/mol. The first kappa shape index (κ1) is 28.5. The summed E-state index contributed by atoms with van der Waals surface area (Å²) in [5.74, 6) is -0.370. The standard InChI is InChI=1S/C26H33BrClN3O4S/c1-19(26(33)29-23-11-3-4-12-23)30(18-20-8-5-9-21(27)16-20)25(32)14-7-15-31(36(2,34)35)24-13-6-10-22(28)17-24/h5-6,8-10,13,16-17,19,23H,3-4,7,11-12,14-15,18H2,1-2H3,(H,29,33)/t19-/m1/s1. The van der Waals surface area contributed by atoms with Crippen molar-refractivity contribution in [1.29, 1.82) is 0 Å². The van der Waals surface area contributed by atoms with Gasteiger partial charge in [0.2, 0.25) is 21.8 Å². The minimum atomic E-state index is -3.57. The largest absolute Gasteiger partial charge is 0.352 e. The van der Waals surface area contributed by atoms with Crippen LogP contribution in [0, 0.1) is 0 Å². The van der Waals surface area contributed by atoms with Gasteiger partial charge in [-0.1, -0.05) is 58.6 Å². The van der Waals surface area contributed by atoms with Gasteiger partial charge in [0.05, 0.1) is 11.9 Å². The quantitative estimate of drug-likeness (QED) is 0.389. The van der Waals surface area contributed by atoms with E-state index in [2.05, 4.69) is 21.2 Å². The van der Waals surface area contributed by atoms with Crippen LogP contribution in [0.15, 0.2) is 53.0 Å². The summed E-state index contributed by atoms with van der Waals surface area (Å²) in [4.78, 5) is 28.0. The van der Waals surface area contributed by atoms with E-state index in [0.717, 1.165) is 42.0 Å². The smallest absolute Gasteiger partial charge is 0.242 e. The van der Waals surface area contributed by atoms with E-state index in [1.807, 2.05) is 24.3 Å². The fraction of sp³-hybridized carbons (Fsp3) is 0.462. The molecule has 2 aromatic rings. The van der Waals surface area contributed by atoms with Crippen LogP contribution in [0.5, 0.6) is 0 Å². The second kappa shape index (κ2) is 12.9. The van der Waals surface area contributed by atoms with Crippen LogP contribution in [0.3, 0.4) is 0 Å². The number of nitrogens with zero attached hydrogens (tertiary/aromatic N) is 2. The molecular weight excluding hydrogens is 566 g/mol. The van der Waals surface area contributed by atoms with Crippen molar-refractivity contribution in [2.45, 2.75) is 64.1 Å². The summed E-state index contributed by atoms with van der Waals surface area (Å²) >= 11 is 9.52. The number of hydrogen-bond donors (Lipinski definition) is 1. The molecule has 0 saturated heterocycles. The zero-order chi connectivity index (χ0) is 26.3. The van der Waals surface area contributed by atoms with Gasteiger partial charge in [0, 0.05) is 35.0 Å². The molecule has 0 unspecified atom stereocenters. The molecule has 2 amide bonds. The van der Waals surface area contributed by atoms with Crippen molar-refractivity contribution in [3.05, 3.63) is 63.6 Å². The molecule has 0 radical (unpaired) electrons. The number of nitrogens with one attached hydrogen (secondary N) is 1. The lowest BCUT2D eigenvalue weighted by atomic mass is 10.1. The van der Waals surface area contributed by atoms with Gasteiger partial charge >= 0.3 is 0 Å². The zero-order valence-electron chi connectivity index (χ0n) is 20.6. The number of halogens is 2. The third-order valence-electron chi connectivity index (χ3n) is 6.36. The van der Waals surface area contributed by atoms with Gasteiger partial charge < -0.3 is 10.2 Å². The average molecular weight is 599 g/mol. The lowest BCUT2D eigenvalue weighted by Crippen LogP contribution is -2.49. The van der Waals surface area contributed by atoms with Gasteiger partial charge in [0.15, 0.2) is 0 Å². The Morgan fingerprint density at radius 3 is 2.47 bits per heavy atom. The molecule has 196 valence electrons. The van der Waals surface area contributed by atoms with Gasteiger partial charge in [-0.15, -0.1) is 0 Å². The molecule has 36 heavy (non-hydrogen) atoms. The summed E-state index contributed by atoms with van der Waals surface area (Å²) < 4.78 is 27.0. The first-order valence-corrected chi connectivity index (χ1v) is 15.1. The highest BCUT2D eigenvalue weighted by molar-refractivity contribution is 9.10. The van der Waals surface area contributed by atoms with Crippen molar-refractivity contribution < 1.29 is 18.0 Å². The Kier molecular flexibility index (Phi) is 10.2. The number of rotatable bonds is 11. The maximum absolute atomic E-state index is 13.4. The minimum Gasteiger partial charge on any atom is -0.352 e. The van der Waals surface area contributed by atoms with E-state index in [4.69, 9.17) is 11.6 Å². The Labute approximate surface area is 227 Å². The number of carbonyl (C=O) groups is 2. The van der Waals surface area contributed by atoms with Crippen LogP contribution in [0.2, 0.25) is 5.02 Å². The molecule has 1 aliphatic rings. The highest BCUT2D eigenvalue weighted by atomic mass is 79.9. The number of hydrogen-bond acceptors (Lipinski definition) is 4. The number of benzene rings is 2. The molecule has 1 aliphatic carbocycles. The Morgan fingerprint density at radius 1 is 1.14 bits per heavy atom. The van der Waals surface area contributed by atoms with Gasteiger partial charge in [-0.25, -0.2) is 8.42 Å². The van der Waals surface area contributed by atoms with Crippen LogP contribution in [0.4, 0.5) is 5.69 Å². The SMILES string of the molecule is C[C@H](C(=O)NC1CCCC1)N(Cc1cccc(Br)c1)C(=O)CCCN(c1cccc(Cl)c1)S(C)(=O)=O. The van der Waals surface area contributed by atoms with Gasteiger partial charge in [-0.3, -0.25) is 13.9 Å². The summed E-state index contributed by atoms with van der Waals surface area (Å²) in [7, 11) is -3.57. The van der Waals surface area contributed by atoms with E-state index < -0.39 is 16.1 Å². The molecule has 0 aliphatic heterocycles. The predicted octanol–water partition coefficient (Wildman–Crippen LogP) is 5.12. The number of amides is 2. The first-order chi connectivity index (χ1) is 17.0. The summed E-state index contributed by atoms with van der Waals surface area (Å²) in [5.41, 5.74) is 1.35. The molecule has 1 atom stereocenters. The van der Waals surface area contributed by atoms with Gasteiger partial charge in [-0.05, 0) is 62.1 Å². The monoisotopic (exact) mass is 597 g/mol. The van der Waals surface area contributed by atoms with Crippen molar-refractivity contribution in [3.63, 3.8) is 0 Å². The zero-order valence-corrected chi connectivity index (χ0v) is 23.8. The van der Waals surface area contributed by atoms with Crippen LogP contribution < -0.4 is 9.62 Å². The Bertz CT molecular complexity index is 1170. The highest BCUT2D eigenvalue weighted by Gasteiger charge is 2.28. The van der Waals surface area contributed by atoms with Gasteiger partial charge in [0.1, 0.15) is 6.04 Å². The number of carbonyl (C=O) groups excluding carboxylic acids is 2. The molecule has 0 aromatic heterocycles. The topological polar surface area (TPSA) is 86.8 Å². The van der Waals surface area contributed by atoms with E-state index in [-0.39, 0.29) is 37.4 Å². The number of sulfonamides is 1. The molecule has 3 rings (SSSR count). The Balaban J connectivity index is 1.72. The van der Waals surface area contributed by atoms with Gasteiger partial charge in [-0.2, -0.15) is 0 Å². The minimum absolute atomic E-state index is 0.0988. The Morgan fingerprint density at radius 2 is 1.83 bits per heavy atom.